The average Bonchev–Trinajstić information content (AvgIpc) is 2.90. The van der Waals surface area contributed by atoms with Crippen LogP contribution in [0.4, 0.5) is 5.69 Å². The van der Waals surface area contributed by atoms with Gasteiger partial charge in [-0.15, -0.1) is 0 Å². The summed E-state index contributed by atoms with van der Waals surface area (Å²) in [6.07, 6.45) is 0. The van der Waals surface area contributed by atoms with Gasteiger partial charge in [-0.05, 0) is 38.5 Å². The van der Waals surface area contributed by atoms with Crippen LogP contribution in [0.1, 0.15) is 44.5 Å². The zero-order valence-corrected chi connectivity index (χ0v) is 16.2. The summed E-state index contributed by atoms with van der Waals surface area (Å²) in [5.41, 5.74) is 3.96. The molecule has 0 saturated heterocycles. The van der Waals surface area contributed by atoms with Gasteiger partial charge in [0.25, 0.3) is 5.91 Å². The minimum absolute atomic E-state index is 0.121. The lowest BCUT2D eigenvalue weighted by molar-refractivity contribution is 0.101. The number of para-hydroxylation sites is 1. The summed E-state index contributed by atoms with van der Waals surface area (Å²) in [5.74, 6) is -0.509. The molecule has 0 aliphatic carbocycles. The van der Waals surface area contributed by atoms with Crippen molar-refractivity contribution in [1.82, 2.24) is 9.78 Å². The third kappa shape index (κ3) is 4.09. The first-order valence-electron chi connectivity index (χ1n) is 8.56. The Bertz CT molecular complexity index is 1010. The molecular weight excluding hydrogens is 362 g/mol. The van der Waals surface area contributed by atoms with Gasteiger partial charge < -0.3 is 5.32 Å². The van der Waals surface area contributed by atoms with Gasteiger partial charge in [-0.1, -0.05) is 53.6 Å². The Morgan fingerprint density at radius 1 is 1.07 bits per heavy atom. The third-order valence-corrected chi connectivity index (χ3v) is 4.68. The topological polar surface area (TPSA) is 64.0 Å². The number of hydrogen-bond acceptors (Lipinski definition) is 3. The van der Waals surface area contributed by atoms with E-state index in [1.54, 1.807) is 35.9 Å². The number of anilines is 1. The van der Waals surface area contributed by atoms with E-state index in [1.807, 2.05) is 31.2 Å². The summed E-state index contributed by atoms with van der Waals surface area (Å²) in [7, 11) is 0. The van der Waals surface area contributed by atoms with Crippen molar-refractivity contribution in [3.05, 3.63) is 81.6 Å². The molecule has 1 aromatic heterocycles. The Morgan fingerprint density at radius 2 is 1.74 bits per heavy atom. The van der Waals surface area contributed by atoms with E-state index in [9.17, 15) is 9.59 Å². The van der Waals surface area contributed by atoms with Gasteiger partial charge in [-0.3, -0.25) is 9.59 Å². The van der Waals surface area contributed by atoms with E-state index in [0.29, 0.717) is 29.1 Å². The standard InChI is InChI=1S/C21H20ClN3O2/c1-13-8-10-16(11-9-13)12-25-20(22)19(14(2)24-25)21(27)23-18-7-5-4-6-17(18)15(3)26/h4-11H,12H2,1-3H3,(H,23,27). The second-order valence-electron chi connectivity index (χ2n) is 6.45. The van der Waals surface area contributed by atoms with Crippen LogP contribution in [-0.4, -0.2) is 21.5 Å². The number of ketones is 1. The Hall–Kier alpha value is -2.92. The van der Waals surface area contributed by atoms with Crippen molar-refractivity contribution in [3.8, 4) is 0 Å². The number of aromatic nitrogens is 2. The third-order valence-electron chi connectivity index (χ3n) is 4.30. The number of aryl methyl sites for hydroxylation is 2. The van der Waals surface area contributed by atoms with Crippen LogP contribution in [0.25, 0.3) is 0 Å². The smallest absolute Gasteiger partial charge is 0.260 e. The van der Waals surface area contributed by atoms with Crippen molar-refractivity contribution >= 4 is 29.0 Å². The lowest BCUT2D eigenvalue weighted by Crippen LogP contribution is -2.15. The van der Waals surface area contributed by atoms with Crippen molar-refractivity contribution in [1.29, 1.82) is 0 Å². The number of halogens is 1. The van der Waals surface area contributed by atoms with E-state index >= 15 is 0 Å². The second-order valence-corrected chi connectivity index (χ2v) is 6.81. The predicted octanol–water partition coefficient (Wildman–Crippen LogP) is 4.66. The molecule has 0 bridgehead atoms. The Balaban J connectivity index is 1.87. The zero-order valence-electron chi connectivity index (χ0n) is 15.4. The van der Waals surface area contributed by atoms with Gasteiger partial charge in [0, 0.05) is 5.56 Å². The molecule has 3 rings (SSSR count). The quantitative estimate of drug-likeness (QED) is 0.654. The predicted molar refractivity (Wildman–Crippen MR) is 107 cm³/mol. The number of nitrogens with one attached hydrogen (secondary N) is 1. The van der Waals surface area contributed by atoms with Gasteiger partial charge in [0.1, 0.15) is 5.15 Å². The van der Waals surface area contributed by atoms with Crippen molar-refractivity contribution in [2.45, 2.75) is 27.3 Å². The molecule has 0 unspecified atom stereocenters. The molecule has 2 aromatic carbocycles. The highest BCUT2D eigenvalue weighted by Crippen LogP contribution is 2.24. The minimum Gasteiger partial charge on any atom is -0.321 e. The average molecular weight is 382 g/mol. The fourth-order valence-corrected chi connectivity index (χ4v) is 3.19. The minimum atomic E-state index is -0.388. The molecule has 5 nitrogen and oxygen atoms in total. The van der Waals surface area contributed by atoms with Crippen LogP contribution in [0.5, 0.6) is 0 Å². The number of carbonyl (C=O) groups excluding carboxylic acids is 2. The number of hydrogen-bond donors (Lipinski definition) is 1. The van der Waals surface area contributed by atoms with Gasteiger partial charge in [-0.2, -0.15) is 5.10 Å². The summed E-state index contributed by atoms with van der Waals surface area (Å²) < 4.78 is 1.60. The maximum Gasteiger partial charge on any atom is 0.260 e. The first-order valence-corrected chi connectivity index (χ1v) is 8.94. The number of benzene rings is 2. The van der Waals surface area contributed by atoms with Gasteiger partial charge in [0.2, 0.25) is 0 Å². The SMILES string of the molecule is CC(=O)c1ccccc1NC(=O)c1c(C)nn(Cc2ccc(C)cc2)c1Cl. The molecular formula is C21H20ClN3O2. The van der Waals surface area contributed by atoms with Gasteiger partial charge in [0.05, 0.1) is 23.5 Å². The van der Waals surface area contributed by atoms with Crippen LogP contribution in [0, 0.1) is 13.8 Å². The van der Waals surface area contributed by atoms with E-state index in [0.717, 1.165) is 5.56 Å². The summed E-state index contributed by atoms with van der Waals surface area (Å²) in [5, 5.41) is 7.45. The first-order chi connectivity index (χ1) is 12.9. The van der Waals surface area contributed by atoms with Crippen LogP contribution in [0.3, 0.4) is 0 Å². The van der Waals surface area contributed by atoms with Gasteiger partial charge in [0.15, 0.2) is 5.78 Å². The van der Waals surface area contributed by atoms with Crippen molar-refractivity contribution in [2.24, 2.45) is 0 Å². The highest BCUT2D eigenvalue weighted by Gasteiger charge is 2.21. The summed E-state index contributed by atoms with van der Waals surface area (Å²) >= 11 is 6.45. The van der Waals surface area contributed by atoms with Crippen LogP contribution in [0.2, 0.25) is 5.15 Å². The monoisotopic (exact) mass is 381 g/mol. The summed E-state index contributed by atoms with van der Waals surface area (Å²) in [6, 6.07) is 14.9. The Morgan fingerprint density at radius 3 is 2.41 bits per heavy atom. The summed E-state index contributed by atoms with van der Waals surface area (Å²) in [4.78, 5) is 24.5. The van der Waals surface area contributed by atoms with Crippen LogP contribution < -0.4 is 5.32 Å². The van der Waals surface area contributed by atoms with Crippen LogP contribution in [0.15, 0.2) is 48.5 Å². The second kappa shape index (κ2) is 7.76. The molecule has 0 radical (unpaired) electrons. The van der Waals surface area contributed by atoms with Crippen LogP contribution >= 0.6 is 11.6 Å². The number of nitrogens with zero attached hydrogens (tertiary/aromatic N) is 2. The molecule has 0 spiro atoms. The van der Waals surface area contributed by atoms with Crippen molar-refractivity contribution < 1.29 is 9.59 Å². The van der Waals surface area contributed by atoms with Gasteiger partial charge >= 0.3 is 0 Å². The number of rotatable bonds is 5. The van der Waals surface area contributed by atoms with Crippen LogP contribution in [-0.2, 0) is 6.54 Å². The fraction of sp³-hybridized carbons (Fsp3) is 0.190. The number of Topliss-reactive ketones (excluding diaryl/α,β-unsaturated/α-hetero) is 1. The zero-order chi connectivity index (χ0) is 19.6. The fourth-order valence-electron chi connectivity index (χ4n) is 2.87. The molecule has 0 aliphatic heterocycles. The number of amides is 1. The lowest BCUT2D eigenvalue weighted by atomic mass is 10.1. The molecule has 0 saturated carbocycles. The molecule has 0 atom stereocenters. The normalized spacial score (nSPS) is 10.7. The highest BCUT2D eigenvalue weighted by atomic mass is 35.5. The first kappa shape index (κ1) is 18.9. The summed E-state index contributed by atoms with van der Waals surface area (Å²) in [6.45, 7) is 5.69. The lowest BCUT2D eigenvalue weighted by Gasteiger charge is -2.09. The van der Waals surface area contributed by atoms with Gasteiger partial charge in [-0.25, -0.2) is 4.68 Å². The molecule has 1 N–H and O–H groups in total. The molecule has 0 aliphatic rings. The molecule has 138 valence electrons. The molecule has 1 heterocycles. The maximum atomic E-state index is 12.8. The number of carbonyl (C=O) groups is 2. The van der Waals surface area contributed by atoms with E-state index in [2.05, 4.69) is 10.4 Å². The van der Waals surface area contributed by atoms with E-state index < -0.39 is 0 Å². The Kier molecular flexibility index (Phi) is 5.42. The van der Waals surface area contributed by atoms with E-state index in [-0.39, 0.29) is 16.8 Å². The largest absolute Gasteiger partial charge is 0.321 e. The molecule has 1 amide bonds. The molecule has 0 fully saturated rings. The molecule has 27 heavy (non-hydrogen) atoms. The molecule has 6 heteroatoms. The van der Waals surface area contributed by atoms with E-state index in [1.165, 1.54) is 12.5 Å². The maximum absolute atomic E-state index is 12.8. The van der Waals surface area contributed by atoms with E-state index in [4.69, 9.17) is 11.6 Å². The Labute approximate surface area is 163 Å². The van der Waals surface area contributed by atoms with Crippen molar-refractivity contribution in [3.63, 3.8) is 0 Å². The highest BCUT2D eigenvalue weighted by molar-refractivity contribution is 6.33. The molecule has 3 aromatic rings. The van der Waals surface area contributed by atoms with Crippen molar-refractivity contribution in [2.75, 3.05) is 5.32 Å².